The molecule has 1 saturated carbocycles. The second kappa shape index (κ2) is 5.52. The minimum Gasteiger partial charge on any atom is -0.492 e. The Bertz CT molecular complexity index is 416. The lowest BCUT2D eigenvalue weighted by Crippen LogP contribution is -2.18. The quantitative estimate of drug-likeness (QED) is 0.792. The van der Waals surface area contributed by atoms with Gasteiger partial charge in [-0.25, -0.2) is 0 Å². The third-order valence-corrected chi connectivity index (χ3v) is 3.07. The number of Topliss-reactive ketones (excluding diaryl/α,β-unsaturated/α-hetero) is 1. The monoisotopic (exact) mass is 253 g/mol. The third kappa shape index (κ3) is 3.45. The fourth-order valence-corrected chi connectivity index (χ4v) is 1.71. The van der Waals surface area contributed by atoms with Gasteiger partial charge in [0.2, 0.25) is 0 Å². The Hall–Kier alpha value is -1.06. The second-order valence-corrected chi connectivity index (χ2v) is 4.76. The minimum atomic E-state index is 0.0421. The maximum Gasteiger partial charge on any atom is 0.176 e. The summed E-state index contributed by atoms with van der Waals surface area (Å²) in [6, 6.07) is 5.17. The molecule has 0 radical (unpaired) electrons. The molecule has 0 spiro atoms. The molecule has 4 heteroatoms. The van der Waals surface area contributed by atoms with Crippen LogP contribution < -0.4 is 10.1 Å². The van der Waals surface area contributed by atoms with Crippen molar-refractivity contribution >= 4 is 17.4 Å². The Morgan fingerprint density at radius 1 is 1.53 bits per heavy atom. The normalized spacial score (nSPS) is 14.7. The van der Waals surface area contributed by atoms with Gasteiger partial charge in [0, 0.05) is 5.56 Å². The van der Waals surface area contributed by atoms with Crippen molar-refractivity contribution in [2.24, 2.45) is 5.92 Å². The summed E-state index contributed by atoms with van der Waals surface area (Å²) in [5.41, 5.74) is 0.634. The Morgan fingerprint density at radius 2 is 2.29 bits per heavy atom. The van der Waals surface area contributed by atoms with E-state index in [4.69, 9.17) is 16.3 Å². The zero-order valence-electron chi connectivity index (χ0n) is 9.83. The Balaban J connectivity index is 2.07. The minimum absolute atomic E-state index is 0.0421. The average Bonchev–Trinajstić information content (AvgIpc) is 3.12. The SMILES string of the molecule is CNCC(=O)c1ccc(Cl)c(OCC2CC2)c1. The number of benzene rings is 1. The molecule has 0 unspecified atom stereocenters. The number of ether oxygens (including phenoxy) is 1. The van der Waals surface area contributed by atoms with Gasteiger partial charge in [-0.05, 0) is 44.0 Å². The first-order chi connectivity index (χ1) is 8.20. The number of likely N-dealkylation sites (N-methyl/N-ethyl adjacent to an activating group) is 1. The van der Waals surface area contributed by atoms with Crippen LogP contribution in [-0.4, -0.2) is 26.0 Å². The average molecular weight is 254 g/mol. The van der Waals surface area contributed by atoms with Crippen LogP contribution in [-0.2, 0) is 0 Å². The van der Waals surface area contributed by atoms with Crippen LogP contribution in [0, 0.1) is 5.92 Å². The smallest absolute Gasteiger partial charge is 0.176 e. The molecular weight excluding hydrogens is 238 g/mol. The molecule has 1 aliphatic rings. The van der Waals surface area contributed by atoms with Crippen LogP contribution in [0.15, 0.2) is 18.2 Å². The van der Waals surface area contributed by atoms with Crippen molar-refractivity contribution in [1.29, 1.82) is 0 Å². The van der Waals surface area contributed by atoms with E-state index in [9.17, 15) is 4.79 Å². The molecule has 92 valence electrons. The fraction of sp³-hybridized carbons (Fsp3) is 0.462. The van der Waals surface area contributed by atoms with Gasteiger partial charge in [-0.2, -0.15) is 0 Å². The highest BCUT2D eigenvalue weighted by Crippen LogP contribution is 2.32. The molecule has 0 bridgehead atoms. The van der Waals surface area contributed by atoms with E-state index in [-0.39, 0.29) is 5.78 Å². The Morgan fingerprint density at radius 3 is 2.94 bits per heavy atom. The Kier molecular flexibility index (Phi) is 4.02. The molecule has 0 atom stereocenters. The highest BCUT2D eigenvalue weighted by molar-refractivity contribution is 6.32. The summed E-state index contributed by atoms with van der Waals surface area (Å²) in [5.74, 6) is 1.32. The molecule has 0 aromatic heterocycles. The number of ketones is 1. The summed E-state index contributed by atoms with van der Waals surface area (Å²) >= 11 is 6.03. The van der Waals surface area contributed by atoms with Crippen molar-refractivity contribution in [1.82, 2.24) is 5.32 Å². The van der Waals surface area contributed by atoms with E-state index in [0.717, 1.165) is 0 Å². The fourth-order valence-electron chi connectivity index (χ4n) is 1.54. The Labute approximate surface area is 106 Å². The number of carbonyl (C=O) groups is 1. The highest BCUT2D eigenvalue weighted by Gasteiger charge is 2.22. The molecule has 1 aliphatic carbocycles. The lowest BCUT2D eigenvalue weighted by molar-refractivity contribution is 0.0993. The second-order valence-electron chi connectivity index (χ2n) is 4.35. The van der Waals surface area contributed by atoms with Crippen LogP contribution in [0.25, 0.3) is 0 Å². The van der Waals surface area contributed by atoms with Crippen molar-refractivity contribution in [3.63, 3.8) is 0 Å². The molecule has 1 fully saturated rings. The number of hydrogen-bond acceptors (Lipinski definition) is 3. The summed E-state index contributed by atoms with van der Waals surface area (Å²) in [5, 5.41) is 3.40. The maximum atomic E-state index is 11.7. The van der Waals surface area contributed by atoms with Gasteiger partial charge in [0.1, 0.15) is 5.75 Å². The summed E-state index contributed by atoms with van der Waals surface area (Å²) in [7, 11) is 1.75. The van der Waals surface area contributed by atoms with Crippen molar-refractivity contribution in [3.8, 4) is 5.75 Å². The number of nitrogens with one attached hydrogen (secondary N) is 1. The topological polar surface area (TPSA) is 38.3 Å². The van der Waals surface area contributed by atoms with Crippen LogP contribution in [0.2, 0.25) is 5.02 Å². The van der Waals surface area contributed by atoms with Crippen LogP contribution in [0.3, 0.4) is 0 Å². The first kappa shape index (κ1) is 12.4. The maximum absolute atomic E-state index is 11.7. The van der Waals surface area contributed by atoms with Crippen LogP contribution in [0.4, 0.5) is 0 Å². The van der Waals surface area contributed by atoms with Gasteiger partial charge in [0.15, 0.2) is 5.78 Å². The number of halogens is 1. The van der Waals surface area contributed by atoms with Gasteiger partial charge >= 0.3 is 0 Å². The molecule has 1 aromatic rings. The highest BCUT2D eigenvalue weighted by atomic mass is 35.5. The van der Waals surface area contributed by atoms with E-state index < -0.39 is 0 Å². The van der Waals surface area contributed by atoms with Crippen molar-refractivity contribution in [2.75, 3.05) is 20.2 Å². The van der Waals surface area contributed by atoms with Crippen molar-refractivity contribution in [3.05, 3.63) is 28.8 Å². The molecule has 2 rings (SSSR count). The lowest BCUT2D eigenvalue weighted by Gasteiger charge is -2.09. The number of hydrogen-bond donors (Lipinski definition) is 1. The molecule has 0 saturated heterocycles. The molecule has 1 N–H and O–H groups in total. The zero-order chi connectivity index (χ0) is 12.3. The van der Waals surface area contributed by atoms with Gasteiger partial charge in [0.05, 0.1) is 18.2 Å². The van der Waals surface area contributed by atoms with E-state index in [0.29, 0.717) is 35.4 Å². The van der Waals surface area contributed by atoms with E-state index in [1.54, 1.807) is 25.2 Å². The van der Waals surface area contributed by atoms with E-state index in [1.807, 2.05) is 0 Å². The molecular formula is C13H16ClNO2. The van der Waals surface area contributed by atoms with Crippen LogP contribution in [0.5, 0.6) is 5.75 Å². The molecule has 0 aliphatic heterocycles. The molecule has 3 nitrogen and oxygen atoms in total. The lowest BCUT2D eigenvalue weighted by atomic mass is 10.1. The summed E-state index contributed by atoms with van der Waals surface area (Å²) in [6.45, 7) is 1.02. The molecule has 0 heterocycles. The van der Waals surface area contributed by atoms with Gasteiger partial charge < -0.3 is 10.1 Å². The number of rotatable bonds is 6. The van der Waals surface area contributed by atoms with Gasteiger partial charge in [-0.1, -0.05) is 11.6 Å². The molecule has 0 amide bonds. The van der Waals surface area contributed by atoms with Crippen LogP contribution in [0.1, 0.15) is 23.2 Å². The largest absolute Gasteiger partial charge is 0.492 e. The van der Waals surface area contributed by atoms with Crippen LogP contribution >= 0.6 is 11.6 Å². The van der Waals surface area contributed by atoms with Gasteiger partial charge in [-0.3, -0.25) is 4.79 Å². The van der Waals surface area contributed by atoms with Crippen molar-refractivity contribution in [2.45, 2.75) is 12.8 Å². The standard InChI is InChI=1S/C13H16ClNO2/c1-15-7-12(16)10-4-5-11(14)13(6-10)17-8-9-2-3-9/h4-6,9,15H,2-3,7-8H2,1H3. The zero-order valence-corrected chi connectivity index (χ0v) is 10.6. The first-order valence-corrected chi connectivity index (χ1v) is 6.18. The summed E-state index contributed by atoms with van der Waals surface area (Å²) in [4.78, 5) is 11.7. The van der Waals surface area contributed by atoms with E-state index in [1.165, 1.54) is 12.8 Å². The predicted molar refractivity (Wildman–Crippen MR) is 67.9 cm³/mol. The third-order valence-electron chi connectivity index (χ3n) is 2.76. The number of carbonyl (C=O) groups excluding carboxylic acids is 1. The molecule has 1 aromatic carbocycles. The van der Waals surface area contributed by atoms with Gasteiger partial charge in [-0.15, -0.1) is 0 Å². The van der Waals surface area contributed by atoms with Gasteiger partial charge in [0.25, 0.3) is 0 Å². The summed E-state index contributed by atoms with van der Waals surface area (Å²) < 4.78 is 5.63. The van der Waals surface area contributed by atoms with E-state index >= 15 is 0 Å². The van der Waals surface area contributed by atoms with Crippen molar-refractivity contribution < 1.29 is 9.53 Å². The summed E-state index contributed by atoms with van der Waals surface area (Å²) in [6.07, 6.45) is 2.46. The first-order valence-electron chi connectivity index (χ1n) is 5.81. The predicted octanol–water partition coefficient (Wildman–Crippen LogP) is 2.53. The molecule has 17 heavy (non-hydrogen) atoms. The van der Waals surface area contributed by atoms with E-state index in [2.05, 4.69) is 5.32 Å².